The molecule has 0 spiro atoms. The molecule has 1 aliphatic rings. The predicted molar refractivity (Wildman–Crippen MR) is 106 cm³/mol. The van der Waals surface area contributed by atoms with Gasteiger partial charge in [0.15, 0.2) is 17.3 Å². The molecule has 2 heterocycles. The van der Waals surface area contributed by atoms with Crippen molar-refractivity contribution in [3.63, 3.8) is 0 Å². The third-order valence-corrected chi connectivity index (χ3v) is 4.08. The van der Waals surface area contributed by atoms with Crippen molar-refractivity contribution in [3.05, 3.63) is 60.3 Å². The van der Waals surface area contributed by atoms with E-state index in [1.54, 1.807) is 12.1 Å². The van der Waals surface area contributed by atoms with Crippen molar-refractivity contribution in [2.24, 2.45) is 5.92 Å². The molecular formula is C21H22F2N2O6. The first-order valence-electron chi connectivity index (χ1n) is 9.40. The Hall–Kier alpha value is -3.53. The monoisotopic (exact) mass is 436 g/mol. The van der Waals surface area contributed by atoms with Crippen LogP contribution in [0.3, 0.4) is 0 Å². The summed E-state index contributed by atoms with van der Waals surface area (Å²) >= 11 is 0. The van der Waals surface area contributed by atoms with E-state index in [2.05, 4.69) is 10.3 Å². The summed E-state index contributed by atoms with van der Waals surface area (Å²) in [6.45, 7) is 2.51. The summed E-state index contributed by atoms with van der Waals surface area (Å²) in [6.07, 6.45) is 4.89. The van der Waals surface area contributed by atoms with Crippen LogP contribution in [0, 0.1) is 17.6 Å². The van der Waals surface area contributed by atoms with E-state index in [0.717, 1.165) is 38.1 Å². The highest BCUT2D eigenvalue weighted by Crippen LogP contribution is 2.31. The minimum atomic E-state index is -1.26. The van der Waals surface area contributed by atoms with Gasteiger partial charge >= 0.3 is 11.9 Å². The highest BCUT2D eigenvalue weighted by atomic mass is 19.1. The molecule has 1 saturated heterocycles. The van der Waals surface area contributed by atoms with Crippen LogP contribution in [0.4, 0.5) is 8.78 Å². The molecule has 1 aromatic heterocycles. The van der Waals surface area contributed by atoms with Gasteiger partial charge in [-0.05, 0) is 43.7 Å². The molecule has 3 N–H and O–H groups in total. The van der Waals surface area contributed by atoms with Crippen molar-refractivity contribution in [1.29, 1.82) is 0 Å². The lowest BCUT2D eigenvalue weighted by molar-refractivity contribution is -0.134. The zero-order valence-electron chi connectivity index (χ0n) is 16.5. The maximum atomic E-state index is 13.7. The van der Waals surface area contributed by atoms with Gasteiger partial charge in [-0.25, -0.2) is 23.4 Å². The lowest BCUT2D eigenvalue weighted by Gasteiger charge is -2.23. The minimum absolute atomic E-state index is 0.0886. The van der Waals surface area contributed by atoms with Crippen molar-refractivity contribution in [1.82, 2.24) is 10.3 Å². The number of benzene rings is 1. The Morgan fingerprint density at radius 2 is 1.90 bits per heavy atom. The largest absolute Gasteiger partial charge is 0.488 e. The van der Waals surface area contributed by atoms with E-state index in [-0.39, 0.29) is 11.6 Å². The predicted octanol–water partition coefficient (Wildman–Crippen LogP) is 3.24. The van der Waals surface area contributed by atoms with Crippen LogP contribution in [0.15, 0.2) is 48.7 Å². The van der Waals surface area contributed by atoms with E-state index >= 15 is 0 Å². The molecule has 2 aromatic rings. The number of halogens is 2. The molecule has 0 saturated carbocycles. The Morgan fingerprint density at radius 3 is 2.52 bits per heavy atom. The molecule has 0 bridgehead atoms. The van der Waals surface area contributed by atoms with E-state index in [4.69, 9.17) is 19.7 Å². The number of piperidine rings is 1. The van der Waals surface area contributed by atoms with Gasteiger partial charge in [0.05, 0.1) is 6.61 Å². The number of carboxylic acids is 2. The molecule has 0 unspecified atom stereocenters. The second kappa shape index (κ2) is 12.2. The van der Waals surface area contributed by atoms with Crippen LogP contribution >= 0.6 is 0 Å². The molecule has 10 heteroatoms. The van der Waals surface area contributed by atoms with Gasteiger partial charge in [0.2, 0.25) is 0 Å². The standard InChI is InChI=1S/C17H18F2N2O2.C4H4O4/c18-13-5-6-15(14(19)9-13)23-17-16(4-2-8-21-17)22-11-12-3-1-7-20-10-12;5-3(6)1-2-4(7)8/h2,4-6,8-9,12,20H,1,3,7,10-11H2;1-2H,(H,5,6)(H,7,8)/b;2-1+/t12-;/m0./s1. The fourth-order valence-corrected chi connectivity index (χ4v) is 2.64. The van der Waals surface area contributed by atoms with E-state index in [0.29, 0.717) is 30.4 Å². The first kappa shape index (κ1) is 23.7. The number of nitrogens with one attached hydrogen (secondary N) is 1. The van der Waals surface area contributed by atoms with Crippen LogP contribution in [-0.2, 0) is 9.59 Å². The molecule has 1 fully saturated rings. The lowest BCUT2D eigenvalue weighted by atomic mass is 10.0. The van der Waals surface area contributed by atoms with E-state index < -0.39 is 23.6 Å². The molecule has 166 valence electrons. The van der Waals surface area contributed by atoms with E-state index in [9.17, 15) is 18.4 Å². The molecule has 1 aromatic carbocycles. The van der Waals surface area contributed by atoms with Crippen LogP contribution < -0.4 is 14.8 Å². The molecule has 0 radical (unpaired) electrons. The molecule has 1 aliphatic heterocycles. The van der Waals surface area contributed by atoms with Crippen LogP contribution in [0.25, 0.3) is 0 Å². The molecule has 1 atom stereocenters. The van der Waals surface area contributed by atoms with Gasteiger partial charge in [-0.2, -0.15) is 0 Å². The Balaban J connectivity index is 0.000000366. The summed E-state index contributed by atoms with van der Waals surface area (Å²) in [5.41, 5.74) is 0. The third-order valence-electron chi connectivity index (χ3n) is 4.08. The number of carboxylic acid groups (broad SMARTS) is 2. The number of aromatic nitrogens is 1. The second-order valence-electron chi connectivity index (χ2n) is 6.52. The number of nitrogens with zero attached hydrogens (tertiary/aromatic N) is 1. The molecule has 0 amide bonds. The number of hydrogen-bond acceptors (Lipinski definition) is 6. The van der Waals surface area contributed by atoms with Gasteiger partial charge in [-0.3, -0.25) is 0 Å². The molecule has 3 rings (SSSR count). The smallest absolute Gasteiger partial charge is 0.328 e. The normalized spacial score (nSPS) is 15.6. The Kier molecular flexibility index (Phi) is 9.37. The van der Waals surface area contributed by atoms with Gasteiger partial charge < -0.3 is 25.0 Å². The highest BCUT2D eigenvalue weighted by Gasteiger charge is 2.16. The van der Waals surface area contributed by atoms with Crippen molar-refractivity contribution in [3.8, 4) is 17.4 Å². The van der Waals surface area contributed by atoms with E-state index in [1.165, 1.54) is 12.3 Å². The van der Waals surface area contributed by atoms with Crippen LogP contribution in [0.5, 0.6) is 17.4 Å². The zero-order valence-corrected chi connectivity index (χ0v) is 16.5. The average molecular weight is 436 g/mol. The fraction of sp³-hybridized carbons (Fsp3) is 0.286. The minimum Gasteiger partial charge on any atom is -0.488 e. The second-order valence-corrected chi connectivity index (χ2v) is 6.52. The van der Waals surface area contributed by atoms with Crippen molar-refractivity contribution < 1.29 is 38.1 Å². The molecule has 0 aliphatic carbocycles. The van der Waals surface area contributed by atoms with Gasteiger partial charge in [-0.1, -0.05) is 0 Å². The molecular weight excluding hydrogens is 414 g/mol. The lowest BCUT2D eigenvalue weighted by Crippen LogP contribution is -2.33. The van der Waals surface area contributed by atoms with Crippen LogP contribution in [0.2, 0.25) is 0 Å². The van der Waals surface area contributed by atoms with Gasteiger partial charge in [0.25, 0.3) is 5.88 Å². The number of pyridine rings is 1. The highest BCUT2D eigenvalue weighted by molar-refractivity contribution is 5.89. The third kappa shape index (κ3) is 8.79. The molecule has 8 nitrogen and oxygen atoms in total. The summed E-state index contributed by atoms with van der Waals surface area (Å²) in [7, 11) is 0. The van der Waals surface area contributed by atoms with Crippen LogP contribution in [0.1, 0.15) is 12.8 Å². The summed E-state index contributed by atoms with van der Waals surface area (Å²) < 4.78 is 37.9. The number of rotatable bonds is 7. The topological polar surface area (TPSA) is 118 Å². The maximum Gasteiger partial charge on any atom is 0.328 e. The first-order valence-corrected chi connectivity index (χ1v) is 9.40. The summed E-state index contributed by atoms with van der Waals surface area (Å²) in [5, 5.41) is 19.0. The quantitative estimate of drug-likeness (QED) is 0.566. The fourth-order valence-electron chi connectivity index (χ4n) is 2.64. The van der Waals surface area contributed by atoms with Gasteiger partial charge in [0.1, 0.15) is 5.82 Å². The SMILES string of the molecule is Fc1ccc(Oc2ncccc2OC[C@H]2CCCNC2)c(F)c1.O=C(O)/C=C/C(=O)O. The average Bonchev–Trinajstić information content (AvgIpc) is 2.75. The number of ether oxygens (including phenoxy) is 2. The van der Waals surface area contributed by atoms with E-state index in [1.807, 2.05) is 0 Å². The number of hydrogen-bond donors (Lipinski definition) is 3. The van der Waals surface area contributed by atoms with Crippen molar-refractivity contribution in [2.75, 3.05) is 19.7 Å². The Morgan fingerprint density at radius 1 is 1.16 bits per heavy atom. The van der Waals surface area contributed by atoms with Crippen LogP contribution in [-0.4, -0.2) is 46.8 Å². The number of aliphatic carboxylic acids is 2. The van der Waals surface area contributed by atoms with Gasteiger partial charge in [0, 0.05) is 36.9 Å². The summed E-state index contributed by atoms with van der Waals surface area (Å²) in [6, 6.07) is 6.58. The van der Waals surface area contributed by atoms with Crippen molar-refractivity contribution in [2.45, 2.75) is 12.8 Å². The summed E-state index contributed by atoms with van der Waals surface area (Å²) in [5.74, 6) is -2.99. The summed E-state index contributed by atoms with van der Waals surface area (Å²) in [4.78, 5) is 23.2. The zero-order chi connectivity index (χ0) is 22.6. The molecule has 31 heavy (non-hydrogen) atoms. The maximum absolute atomic E-state index is 13.7. The van der Waals surface area contributed by atoms with Gasteiger partial charge in [-0.15, -0.1) is 0 Å². The number of carbonyl (C=O) groups is 2. The Labute approximate surface area is 177 Å². The Bertz CT molecular complexity index is 900. The first-order chi connectivity index (χ1) is 14.8. The van der Waals surface area contributed by atoms with Crippen molar-refractivity contribution >= 4 is 11.9 Å².